The van der Waals surface area contributed by atoms with E-state index in [1.165, 1.54) is 0 Å². The molecule has 1 heterocycles. The van der Waals surface area contributed by atoms with Gasteiger partial charge in [0, 0.05) is 24.5 Å². The summed E-state index contributed by atoms with van der Waals surface area (Å²) >= 11 is 3.35. The molecule has 4 nitrogen and oxygen atoms in total. The molecule has 0 aromatic carbocycles. The van der Waals surface area contributed by atoms with Crippen LogP contribution in [0.15, 0.2) is 0 Å². The molecular weight excluding hydrogens is 292 g/mol. The fourth-order valence-electron chi connectivity index (χ4n) is 1.88. The molecule has 6 heteroatoms. The van der Waals surface area contributed by atoms with E-state index in [0.717, 1.165) is 37.4 Å². The molecule has 1 rings (SSSR count). The molecule has 1 aliphatic rings. The summed E-state index contributed by atoms with van der Waals surface area (Å²) in [4.78, 5) is 0. The fourth-order valence-corrected chi connectivity index (χ4v) is 3.71. The zero-order chi connectivity index (χ0) is 12.0. The first-order chi connectivity index (χ1) is 7.56. The number of halogens is 1. The van der Waals surface area contributed by atoms with Crippen molar-refractivity contribution in [2.24, 2.45) is 0 Å². The second kappa shape index (κ2) is 6.93. The summed E-state index contributed by atoms with van der Waals surface area (Å²) in [6.07, 6.45) is 4.97. The minimum Gasteiger partial charge on any atom is -0.199 e. The molecule has 0 radical (unpaired) electrons. The molecule has 1 aliphatic heterocycles. The lowest BCUT2D eigenvalue weighted by Gasteiger charge is -2.27. The molecule has 0 saturated carbocycles. The van der Waals surface area contributed by atoms with Crippen LogP contribution in [-0.4, -0.2) is 37.2 Å². The lowest BCUT2D eigenvalue weighted by atomic mass is 10.2. The first kappa shape index (κ1) is 14.4. The van der Waals surface area contributed by atoms with Crippen LogP contribution < -0.4 is 4.72 Å². The van der Waals surface area contributed by atoms with Crippen LogP contribution in [0, 0.1) is 0 Å². The summed E-state index contributed by atoms with van der Waals surface area (Å²) in [6, 6.07) is 0.0180. The third kappa shape index (κ3) is 4.69. The van der Waals surface area contributed by atoms with Gasteiger partial charge in [0.1, 0.15) is 0 Å². The van der Waals surface area contributed by atoms with Crippen molar-refractivity contribution in [2.75, 3.05) is 18.4 Å². The average Bonchev–Trinajstić information content (AvgIpc) is 2.27. The van der Waals surface area contributed by atoms with Gasteiger partial charge in [0.15, 0.2) is 0 Å². The van der Waals surface area contributed by atoms with Crippen molar-refractivity contribution in [3.63, 3.8) is 0 Å². The highest BCUT2D eigenvalue weighted by Crippen LogP contribution is 2.12. The van der Waals surface area contributed by atoms with Crippen LogP contribution in [0.4, 0.5) is 0 Å². The summed E-state index contributed by atoms with van der Waals surface area (Å²) in [7, 11) is -3.24. The molecule has 1 saturated heterocycles. The van der Waals surface area contributed by atoms with E-state index in [1.807, 2.05) is 6.92 Å². The lowest BCUT2D eigenvalue weighted by Crippen LogP contribution is -2.46. The Morgan fingerprint density at radius 2 is 1.94 bits per heavy atom. The van der Waals surface area contributed by atoms with Crippen molar-refractivity contribution in [1.29, 1.82) is 0 Å². The van der Waals surface area contributed by atoms with Crippen LogP contribution in [0.25, 0.3) is 0 Å². The number of nitrogens with one attached hydrogen (secondary N) is 1. The normalized spacial score (nSPS) is 20.9. The van der Waals surface area contributed by atoms with Gasteiger partial charge in [-0.2, -0.15) is 17.4 Å². The van der Waals surface area contributed by atoms with Crippen molar-refractivity contribution >= 4 is 26.1 Å². The van der Waals surface area contributed by atoms with Crippen LogP contribution >= 0.6 is 15.9 Å². The Morgan fingerprint density at radius 1 is 1.31 bits per heavy atom. The zero-order valence-electron chi connectivity index (χ0n) is 9.78. The van der Waals surface area contributed by atoms with Crippen LogP contribution in [0.2, 0.25) is 0 Å². The van der Waals surface area contributed by atoms with Gasteiger partial charge in [0.2, 0.25) is 0 Å². The molecule has 16 heavy (non-hydrogen) atoms. The molecule has 0 aromatic rings. The van der Waals surface area contributed by atoms with E-state index in [-0.39, 0.29) is 6.04 Å². The van der Waals surface area contributed by atoms with E-state index < -0.39 is 10.2 Å². The van der Waals surface area contributed by atoms with Crippen molar-refractivity contribution in [3.8, 4) is 0 Å². The minimum atomic E-state index is -3.24. The van der Waals surface area contributed by atoms with E-state index in [1.54, 1.807) is 4.31 Å². The molecular formula is C10H21BrN2O2S. The molecule has 96 valence electrons. The van der Waals surface area contributed by atoms with Gasteiger partial charge in [0.05, 0.1) is 0 Å². The van der Waals surface area contributed by atoms with Crippen LogP contribution in [0.5, 0.6) is 0 Å². The van der Waals surface area contributed by atoms with Crippen molar-refractivity contribution < 1.29 is 8.42 Å². The Kier molecular flexibility index (Phi) is 6.25. The molecule has 1 fully saturated rings. The Balaban J connectivity index is 2.43. The third-order valence-corrected chi connectivity index (χ3v) is 5.08. The predicted octanol–water partition coefficient (Wildman–Crippen LogP) is 1.87. The zero-order valence-corrected chi connectivity index (χ0v) is 12.2. The van der Waals surface area contributed by atoms with Crippen LogP contribution in [0.1, 0.15) is 39.0 Å². The summed E-state index contributed by atoms with van der Waals surface area (Å²) in [5, 5.41) is 0.919. The summed E-state index contributed by atoms with van der Waals surface area (Å²) < 4.78 is 28.2. The highest BCUT2D eigenvalue weighted by atomic mass is 79.9. The molecule has 0 amide bonds. The maximum atomic E-state index is 12.0. The average molecular weight is 313 g/mol. The maximum absolute atomic E-state index is 12.0. The van der Waals surface area contributed by atoms with Gasteiger partial charge in [-0.15, -0.1) is 0 Å². The van der Waals surface area contributed by atoms with E-state index in [4.69, 9.17) is 0 Å². The van der Waals surface area contributed by atoms with Crippen LogP contribution in [0.3, 0.4) is 0 Å². The summed E-state index contributed by atoms with van der Waals surface area (Å²) in [6.45, 7) is 3.26. The molecule has 1 N–H and O–H groups in total. The Hall–Kier alpha value is 0.350. The number of nitrogens with zero attached hydrogens (tertiary/aromatic N) is 1. The fraction of sp³-hybridized carbons (Fsp3) is 1.00. The number of hydrogen-bond acceptors (Lipinski definition) is 2. The van der Waals surface area contributed by atoms with Gasteiger partial charge in [-0.25, -0.2) is 0 Å². The maximum Gasteiger partial charge on any atom is 0.279 e. The first-order valence-electron chi connectivity index (χ1n) is 5.89. The molecule has 0 aromatic heterocycles. The van der Waals surface area contributed by atoms with Crippen molar-refractivity contribution in [2.45, 2.75) is 45.1 Å². The summed E-state index contributed by atoms with van der Waals surface area (Å²) in [5.74, 6) is 0. The van der Waals surface area contributed by atoms with Crippen molar-refractivity contribution in [3.05, 3.63) is 0 Å². The van der Waals surface area contributed by atoms with Gasteiger partial charge in [-0.1, -0.05) is 22.4 Å². The van der Waals surface area contributed by atoms with E-state index in [2.05, 4.69) is 20.7 Å². The Morgan fingerprint density at radius 3 is 2.50 bits per heavy atom. The number of piperidine rings is 1. The van der Waals surface area contributed by atoms with Crippen molar-refractivity contribution in [1.82, 2.24) is 9.03 Å². The largest absolute Gasteiger partial charge is 0.279 e. The van der Waals surface area contributed by atoms with Gasteiger partial charge in [-0.3, -0.25) is 0 Å². The second-order valence-electron chi connectivity index (χ2n) is 4.31. The topological polar surface area (TPSA) is 49.4 Å². The third-order valence-electron chi connectivity index (χ3n) is 2.78. The number of alkyl halides is 1. The minimum absolute atomic E-state index is 0.0180. The number of hydrogen-bond donors (Lipinski definition) is 1. The first-order valence-corrected chi connectivity index (χ1v) is 8.46. The van der Waals surface area contributed by atoms with E-state index in [0.29, 0.717) is 13.1 Å². The second-order valence-corrected chi connectivity index (χ2v) is 6.81. The quantitative estimate of drug-likeness (QED) is 0.761. The Labute approximate surface area is 107 Å². The van der Waals surface area contributed by atoms with Crippen LogP contribution in [-0.2, 0) is 10.2 Å². The highest BCUT2D eigenvalue weighted by molar-refractivity contribution is 9.09. The smallest absolute Gasteiger partial charge is 0.199 e. The molecule has 0 spiro atoms. The van der Waals surface area contributed by atoms with E-state index in [9.17, 15) is 8.42 Å². The molecule has 0 aliphatic carbocycles. The van der Waals surface area contributed by atoms with Gasteiger partial charge < -0.3 is 0 Å². The van der Waals surface area contributed by atoms with Gasteiger partial charge in [0.25, 0.3) is 10.2 Å². The monoisotopic (exact) mass is 312 g/mol. The van der Waals surface area contributed by atoms with Gasteiger partial charge in [-0.05, 0) is 32.6 Å². The van der Waals surface area contributed by atoms with Gasteiger partial charge >= 0.3 is 0 Å². The predicted molar refractivity (Wildman–Crippen MR) is 70.0 cm³/mol. The Bertz CT molecular complexity index is 289. The van der Waals surface area contributed by atoms with E-state index >= 15 is 0 Å². The molecule has 1 unspecified atom stereocenters. The highest BCUT2D eigenvalue weighted by Gasteiger charge is 2.24. The SMILES string of the molecule is CC(CCCBr)NS(=O)(=O)N1CCCCC1. The molecule has 0 bridgehead atoms. The lowest BCUT2D eigenvalue weighted by molar-refractivity contribution is 0.338. The summed E-state index contributed by atoms with van der Waals surface area (Å²) in [5.41, 5.74) is 0. The standard InChI is InChI=1S/C10H21BrN2O2S/c1-10(6-5-7-11)12-16(14,15)13-8-3-2-4-9-13/h10,12H,2-9H2,1H3. The number of rotatable bonds is 6. The molecule has 1 atom stereocenters.